The summed E-state index contributed by atoms with van der Waals surface area (Å²) in [6.45, 7) is 2.48. The minimum absolute atomic E-state index is 0.134. The first-order valence-electron chi connectivity index (χ1n) is 5.16. The molecule has 1 heterocycles. The van der Waals surface area contributed by atoms with Gasteiger partial charge in [-0.05, 0) is 24.6 Å². The summed E-state index contributed by atoms with van der Waals surface area (Å²) < 4.78 is 0. The van der Waals surface area contributed by atoms with Gasteiger partial charge in [-0.15, -0.1) is 0 Å². The molecular formula is C12H14N2O3. The van der Waals surface area contributed by atoms with Gasteiger partial charge in [0.05, 0.1) is 5.56 Å². The monoisotopic (exact) mass is 234 g/mol. The average molecular weight is 234 g/mol. The van der Waals surface area contributed by atoms with E-state index in [0.717, 1.165) is 6.08 Å². The molecule has 1 aromatic heterocycles. The molecular weight excluding hydrogens is 220 g/mol. The smallest absolute Gasteiger partial charge is 0.328 e. The first-order valence-corrected chi connectivity index (χ1v) is 5.16. The standard InChI is InChI=1S/C12H14N2O3/c1-3-14(2)12(17)10-6-9(7-13-8-10)4-5-11(15)16/h4-8H,3H2,1-2H3,(H,15,16)/b5-4+. The van der Waals surface area contributed by atoms with Crippen molar-refractivity contribution in [2.45, 2.75) is 6.92 Å². The number of rotatable bonds is 4. The first-order chi connectivity index (χ1) is 8.04. The maximum atomic E-state index is 11.8. The van der Waals surface area contributed by atoms with Crippen LogP contribution in [0.1, 0.15) is 22.8 Å². The van der Waals surface area contributed by atoms with Gasteiger partial charge in [0.15, 0.2) is 0 Å². The van der Waals surface area contributed by atoms with E-state index in [2.05, 4.69) is 4.98 Å². The zero-order valence-electron chi connectivity index (χ0n) is 9.75. The summed E-state index contributed by atoms with van der Waals surface area (Å²) in [6.07, 6.45) is 5.38. The fourth-order valence-electron chi connectivity index (χ4n) is 1.20. The lowest BCUT2D eigenvalue weighted by Gasteiger charge is -2.14. The number of hydrogen-bond acceptors (Lipinski definition) is 3. The summed E-state index contributed by atoms with van der Waals surface area (Å²) in [4.78, 5) is 27.6. The van der Waals surface area contributed by atoms with E-state index in [1.165, 1.54) is 18.5 Å². The molecule has 0 aromatic carbocycles. The minimum atomic E-state index is -1.03. The number of carboxylic acid groups (broad SMARTS) is 1. The molecule has 5 nitrogen and oxygen atoms in total. The van der Waals surface area contributed by atoms with E-state index in [9.17, 15) is 9.59 Å². The summed E-state index contributed by atoms with van der Waals surface area (Å²) >= 11 is 0. The van der Waals surface area contributed by atoms with Gasteiger partial charge in [0.25, 0.3) is 5.91 Å². The molecule has 0 aliphatic rings. The van der Waals surface area contributed by atoms with Gasteiger partial charge in [-0.3, -0.25) is 9.78 Å². The fourth-order valence-corrected chi connectivity index (χ4v) is 1.20. The van der Waals surface area contributed by atoms with Crippen LogP contribution in [0.5, 0.6) is 0 Å². The minimum Gasteiger partial charge on any atom is -0.478 e. The predicted octanol–water partition coefficient (Wildman–Crippen LogP) is 1.27. The normalized spacial score (nSPS) is 10.5. The van der Waals surface area contributed by atoms with Crippen LogP contribution in [0, 0.1) is 0 Å². The third-order valence-corrected chi connectivity index (χ3v) is 2.25. The van der Waals surface area contributed by atoms with Crippen LogP contribution >= 0.6 is 0 Å². The van der Waals surface area contributed by atoms with E-state index in [4.69, 9.17) is 5.11 Å². The number of pyridine rings is 1. The summed E-state index contributed by atoms with van der Waals surface area (Å²) in [7, 11) is 1.70. The summed E-state index contributed by atoms with van der Waals surface area (Å²) in [6, 6.07) is 1.61. The topological polar surface area (TPSA) is 70.5 Å². The molecule has 0 radical (unpaired) electrons. The second kappa shape index (κ2) is 5.79. The Hall–Kier alpha value is -2.17. The molecule has 1 aromatic rings. The Morgan fingerprint density at radius 1 is 1.47 bits per heavy atom. The Morgan fingerprint density at radius 2 is 2.18 bits per heavy atom. The van der Waals surface area contributed by atoms with Gasteiger partial charge >= 0.3 is 5.97 Å². The lowest BCUT2D eigenvalue weighted by atomic mass is 10.2. The van der Waals surface area contributed by atoms with Crippen LogP contribution in [-0.4, -0.2) is 40.5 Å². The highest BCUT2D eigenvalue weighted by Crippen LogP contribution is 2.07. The number of carboxylic acids is 1. The Bertz CT molecular complexity index is 455. The molecule has 0 aliphatic carbocycles. The first kappa shape index (κ1) is 12.9. The molecule has 0 spiro atoms. The van der Waals surface area contributed by atoms with Crippen molar-refractivity contribution in [1.82, 2.24) is 9.88 Å². The molecule has 5 heteroatoms. The zero-order chi connectivity index (χ0) is 12.8. The summed E-state index contributed by atoms with van der Waals surface area (Å²) in [5.41, 5.74) is 1.03. The molecule has 0 atom stereocenters. The SMILES string of the molecule is CCN(C)C(=O)c1cncc(/C=C/C(=O)O)c1. The number of amides is 1. The predicted molar refractivity (Wildman–Crippen MR) is 63.5 cm³/mol. The molecule has 0 bridgehead atoms. The van der Waals surface area contributed by atoms with Crippen molar-refractivity contribution < 1.29 is 14.7 Å². The van der Waals surface area contributed by atoms with E-state index < -0.39 is 5.97 Å². The third-order valence-electron chi connectivity index (χ3n) is 2.25. The number of aliphatic carboxylic acids is 1. The maximum absolute atomic E-state index is 11.8. The van der Waals surface area contributed by atoms with Crippen molar-refractivity contribution in [2.24, 2.45) is 0 Å². The van der Waals surface area contributed by atoms with Gasteiger partial charge in [0.1, 0.15) is 0 Å². The van der Waals surface area contributed by atoms with Crippen LogP contribution in [0.2, 0.25) is 0 Å². The van der Waals surface area contributed by atoms with Crippen LogP contribution in [0.15, 0.2) is 24.5 Å². The summed E-state index contributed by atoms with van der Waals surface area (Å²) in [5.74, 6) is -1.17. The van der Waals surface area contributed by atoms with Crippen molar-refractivity contribution in [2.75, 3.05) is 13.6 Å². The second-order valence-electron chi connectivity index (χ2n) is 3.50. The average Bonchev–Trinajstić information content (AvgIpc) is 2.34. The van der Waals surface area contributed by atoms with Gasteiger partial charge in [0, 0.05) is 32.1 Å². The highest BCUT2D eigenvalue weighted by atomic mass is 16.4. The number of hydrogen-bond donors (Lipinski definition) is 1. The van der Waals surface area contributed by atoms with Crippen LogP contribution in [0.3, 0.4) is 0 Å². The van der Waals surface area contributed by atoms with Crippen LogP contribution in [0.4, 0.5) is 0 Å². The number of carbonyl (C=O) groups excluding carboxylic acids is 1. The Kier molecular flexibility index (Phi) is 4.39. The lowest BCUT2D eigenvalue weighted by Crippen LogP contribution is -2.26. The molecule has 1 N–H and O–H groups in total. The van der Waals surface area contributed by atoms with E-state index in [-0.39, 0.29) is 5.91 Å². The quantitative estimate of drug-likeness (QED) is 0.796. The molecule has 1 amide bonds. The van der Waals surface area contributed by atoms with Crippen molar-refractivity contribution in [1.29, 1.82) is 0 Å². The van der Waals surface area contributed by atoms with E-state index >= 15 is 0 Å². The molecule has 0 unspecified atom stereocenters. The van der Waals surface area contributed by atoms with E-state index in [1.807, 2.05) is 6.92 Å². The Labute approximate surface area is 99.4 Å². The largest absolute Gasteiger partial charge is 0.478 e. The number of nitrogens with zero attached hydrogens (tertiary/aromatic N) is 2. The number of carbonyl (C=O) groups is 2. The molecule has 0 saturated heterocycles. The van der Waals surface area contributed by atoms with Gasteiger partial charge < -0.3 is 10.0 Å². The highest BCUT2D eigenvalue weighted by molar-refractivity contribution is 5.94. The molecule has 0 saturated carbocycles. The molecule has 0 fully saturated rings. The Balaban J connectivity index is 2.93. The maximum Gasteiger partial charge on any atom is 0.328 e. The molecule has 0 aliphatic heterocycles. The lowest BCUT2D eigenvalue weighted by molar-refractivity contribution is -0.131. The molecule has 1 rings (SSSR count). The third kappa shape index (κ3) is 3.71. The van der Waals surface area contributed by atoms with Crippen molar-refractivity contribution in [3.63, 3.8) is 0 Å². The zero-order valence-corrected chi connectivity index (χ0v) is 9.75. The van der Waals surface area contributed by atoms with Gasteiger partial charge in [0.2, 0.25) is 0 Å². The van der Waals surface area contributed by atoms with Crippen molar-refractivity contribution in [3.8, 4) is 0 Å². The van der Waals surface area contributed by atoms with Crippen molar-refractivity contribution in [3.05, 3.63) is 35.7 Å². The van der Waals surface area contributed by atoms with Gasteiger partial charge in [-0.1, -0.05) is 0 Å². The fraction of sp³-hybridized carbons (Fsp3) is 0.250. The van der Waals surface area contributed by atoms with Gasteiger partial charge in [-0.25, -0.2) is 4.79 Å². The van der Waals surface area contributed by atoms with Crippen LogP contribution in [0.25, 0.3) is 6.08 Å². The van der Waals surface area contributed by atoms with E-state index in [1.54, 1.807) is 18.0 Å². The van der Waals surface area contributed by atoms with E-state index in [0.29, 0.717) is 17.7 Å². The van der Waals surface area contributed by atoms with Crippen LogP contribution < -0.4 is 0 Å². The molecule has 17 heavy (non-hydrogen) atoms. The highest BCUT2D eigenvalue weighted by Gasteiger charge is 2.10. The Morgan fingerprint density at radius 3 is 2.76 bits per heavy atom. The summed E-state index contributed by atoms with van der Waals surface area (Å²) in [5, 5.41) is 8.50. The van der Waals surface area contributed by atoms with Gasteiger partial charge in [-0.2, -0.15) is 0 Å². The number of aromatic nitrogens is 1. The second-order valence-corrected chi connectivity index (χ2v) is 3.50. The van der Waals surface area contributed by atoms with Crippen LogP contribution in [-0.2, 0) is 4.79 Å². The molecule has 90 valence electrons. The van der Waals surface area contributed by atoms with Crippen molar-refractivity contribution >= 4 is 18.0 Å².